The highest BCUT2D eigenvalue weighted by Gasteiger charge is 2.15. The first kappa shape index (κ1) is 23.0. The van der Waals surface area contributed by atoms with Crippen LogP contribution in [0.4, 0.5) is 14.9 Å². The number of benzene rings is 2. The predicted molar refractivity (Wildman–Crippen MR) is 117 cm³/mol. The SMILES string of the molecule is CC(C)(C)c1ccc(CN(S)C(=O)NCc2ccc(NS(C)(=O)=O)c(F)c2)cc1. The molecule has 0 heterocycles. The van der Waals surface area contributed by atoms with Gasteiger partial charge < -0.3 is 5.32 Å². The number of amides is 2. The molecule has 0 fully saturated rings. The minimum Gasteiger partial charge on any atom is -0.333 e. The van der Waals surface area contributed by atoms with Crippen LogP contribution < -0.4 is 10.0 Å². The first-order valence-electron chi connectivity index (χ1n) is 8.95. The third-order valence-electron chi connectivity index (χ3n) is 4.16. The molecule has 158 valence electrons. The number of carbonyl (C=O) groups is 1. The van der Waals surface area contributed by atoms with Crippen LogP contribution in [0.5, 0.6) is 0 Å². The van der Waals surface area contributed by atoms with Gasteiger partial charge in [0.15, 0.2) is 0 Å². The first-order chi connectivity index (χ1) is 13.3. The van der Waals surface area contributed by atoms with Gasteiger partial charge in [0.1, 0.15) is 5.82 Å². The summed E-state index contributed by atoms with van der Waals surface area (Å²) in [6, 6.07) is 11.6. The zero-order valence-electron chi connectivity index (χ0n) is 16.9. The summed E-state index contributed by atoms with van der Waals surface area (Å²) in [5, 5.41) is 2.65. The second-order valence-corrected chi connectivity index (χ2v) is 10.1. The standard InChI is InChI=1S/C20H26FN3O3S2/c1-20(2,3)16-8-5-14(6-9-16)13-24(28)19(25)22-12-15-7-10-18(17(21)11-15)23-29(4,26)27/h5-11,23,28H,12-13H2,1-4H3,(H,22,25). The summed E-state index contributed by atoms with van der Waals surface area (Å²) in [7, 11) is -3.57. The number of carbonyl (C=O) groups excluding carboxylic acids is 1. The molecule has 9 heteroatoms. The molecule has 2 rings (SSSR count). The van der Waals surface area contributed by atoms with Gasteiger partial charge in [-0.25, -0.2) is 17.6 Å². The number of thiol groups is 1. The Labute approximate surface area is 177 Å². The highest BCUT2D eigenvalue weighted by Crippen LogP contribution is 2.23. The van der Waals surface area contributed by atoms with Crippen molar-refractivity contribution >= 4 is 34.6 Å². The molecule has 2 amide bonds. The van der Waals surface area contributed by atoms with Gasteiger partial charge in [0.25, 0.3) is 0 Å². The molecule has 0 aliphatic heterocycles. The van der Waals surface area contributed by atoms with Gasteiger partial charge in [-0.2, -0.15) is 0 Å². The Morgan fingerprint density at radius 2 is 1.69 bits per heavy atom. The lowest BCUT2D eigenvalue weighted by atomic mass is 9.87. The largest absolute Gasteiger partial charge is 0.333 e. The smallest absolute Gasteiger partial charge is 0.327 e. The fourth-order valence-electron chi connectivity index (χ4n) is 2.57. The highest BCUT2D eigenvalue weighted by atomic mass is 32.2. The molecule has 0 aliphatic carbocycles. The number of urea groups is 1. The van der Waals surface area contributed by atoms with Gasteiger partial charge in [0.2, 0.25) is 10.0 Å². The summed E-state index contributed by atoms with van der Waals surface area (Å²) >= 11 is 4.22. The van der Waals surface area contributed by atoms with Gasteiger partial charge in [-0.15, -0.1) is 0 Å². The number of nitrogens with one attached hydrogen (secondary N) is 2. The van der Waals surface area contributed by atoms with Crippen LogP contribution in [0.25, 0.3) is 0 Å². The lowest BCUT2D eigenvalue weighted by Gasteiger charge is -2.20. The van der Waals surface area contributed by atoms with Crippen molar-refractivity contribution in [3.63, 3.8) is 0 Å². The number of anilines is 1. The number of hydrogen-bond donors (Lipinski definition) is 3. The molecule has 6 nitrogen and oxygen atoms in total. The van der Waals surface area contributed by atoms with E-state index in [0.717, 1.165) is 11.8 Å². The summed E-state index contributed by atoms with van der Waals surface area (Å²) in [5.41, 5.74) is 2.54. The second kappa shape index (κ2) is 9.04. The van der Waals surface area contributed by atoms with Crippen LogP contribution in [0.2, 0.25) is 0 Å². The Kier molecular flexibility index (Phi) is 7.18. The summed E-state index contributed by atoms with van der Waals surface area (Å²) in [6.07, 6.45) is 0.943. The summed E-state index contributed by atoms with van der Waals surface area (Å²) in [4.78, 5) is 12.2. The van der Waals surface area contributed by atoms with E-state index in [1.807, 2.05) is 24.3 Å². The van der Waals surface area contributed by atoms with Crippen molar-refractivity contribution in [1.29, 1.82) is 0 Å². The maximum absolute atomic E-state index is 14.0. The van der Waals surface area contributed by atoms with Crippen LogP contribution in [-0.2, 0) is 28.5 Å². The average Bonchev–Trinajstić information content (AvgIpc) is 2.60. The quantitative estimate of drug-likeness (QED) is 0.594. The van der Waals surface area contributed by atoms with Crippen LogP contribution in [-0.4, -0.2) is 25.0 Å². The van der Waals surface area contributed by atoms with E-state index in [4.69, 9.17) is 0 Å². The van der Waals surface area contributed by atoms with Crippen LogP contribution in [0, 0.1) is 5.82 Å². The van der Waals surface area contributed by atoms with E-state index in [-0.39, 0.29) is 17.6 Å². The lowest BCUT2D eigenvalue weighted by Crippen LogP contribution is -2.33. The zero-order chi connectivity index (χ0) is 21.8. The minimum atomic E-state index is -3.57. The van der Waals surface area contributed by atoms with Crippen molar-refractivity contribution in [1.82, 2.24) is 9.62 Å². The molecule has 0 unspecified atom stereocenters. The molecule has 2 N–H and O–H groups in total. The van der Waals surface area contributed by atoms with Gasteiger partial charge in [0, 0.05) is 6.54 Å². The van der Waals surface area contributed by atoms with Crippen molar-refractivity contribution in [2.75, 3.05) is 11.0 Å². The molecule has 2 aromatic rings. The third-order valence-corrected chi connectivity index (χ3v) is 5.07. The van der Waals surface area contributed by atoms with Crippen molar-refractivity contribution in [2.24, 2.45) is 0 Å². The fourth-order valence-corrected chi connectivity index (χ4v) is 3.37. The Morgan fingerprint density at radius 1 is 1.10 bits per heavy atom. The van der Waals surface area contributed by atoms with E-state index in [0.29, 0.717) is 12.1 Å². The highest BCUT2D eigenvalue weighted by molar-refractivity contribution is 7.92. The molecule has 0 saturated carbocycles. The number of nitrogens with zero attached hydrogens (tertiary/aromatic N) is 1. The molecule has 0 aromatic heterocycles. The summed E-state index contributed by atoms with van der Waals surface area (Å²) in [6.45, 7) is 6.78. The third kappa shape index (κ3) is 7.25. The van der Waals surface area contributed by atoms with Crippen LogP contribution in [0.3, 0.4) is 0 Å². The molecule has 0 aliphatic rings. The molecule has 29 heavy (non-hydrogen) atoms. The van der Waals surface area contributed by atoms with Crippen molar-refractivity contribution < 1.29 is 17.6 Å². The molecule has 0 radical (unpaired) electrons. The van der Waals surface area contributed by atoms with Crippen LogP contribution in [0.1, 0.15) is 37.5 Å². The van der Waals surface area contributed by atoms with Gasteiger partial charge >= 0.3 is 6.03 Å². The van der Waals surface area contributed by atoms with E-state index < -0.39 is 21.9 Å². The Hall–Kier alpha value is -2.26. The van der Waals surface area contributed by atoms with Gasteiger partial charge in [-0.3, -0.25) is 9.03 Å². The molecule has 0 atom stereocenters. The Bertz CT molecular complexity index is 971. The van der Waals surface area contributed by atoms with Crippen LogP contribution >= 0.6 is 12.8 Å². The van der Waals surface area contributed by atoms with E-state index in [1.165, 1.54) is 28.1 Å². The molecular formula is C20H26FN3O3S2. The topological polar surface area (TPSA) is 78.5 Å². The fraction of sp³-hybridized carbons (Fsp3) is 0.350. The summed E-state index contributed by atoms with van der Waals surface area (Å²) < 4.78 is 39.7. The molecule has 0 bridgehead atoms. The maximum Gasteiger partial charge on any atom is 0.327 e. The van der Waals surface area contributed by atoms with E-state index in [1.54, 1.807) is 0 Å². The molecular weight excluding hydrogens is 413 g/mol. The number of sulfonamides is 1. The zero-order valence-corrected chi connectivity index (χ0v) is 18.6. The van der Waals surface area contributed by atoms with Crippen molar-refractivity contribution in [2.45, 2.75) is 39.3 Å². The predicted octanol–water partition coefficient (Wildman–Crippen LogP) is 4.05. The van der Waals surface area contributed by atoms with Crippen LogP contribution in [0.15, 0.2) is 42.5 Å². The minimum absolute atomic E-state index is 0.0538. The summed E-state index contributed by atoms with van der Waals surface area (Å²) in [5.74, 6) is -0.719. The van der Waals surface area contributed by atoms with Crippen molar-refractivity contribution in [3.05, 3.63) is 65.0 Å². The number of rotatable bonds is 6. The normalized spacial score (nSPS) is 11.8. The molecule has 0 saturated heterocycles. The number of halogens is 1. The van der Waals surface area contributed by atoms with E-state index in [2.05, 4.69) is 43.6 Å². The van der Waals surface area contributed by atoms with E-state index >= 15 is 0 Å². The maximum atomic E-state index is 14.0. The van der Waals surface area contributed by atoms with Crippen molar-refractivity contribution in [3.8, 4) is 0 Å². The molecule has 0 spiro atoms. The average molecular weight is 440 g/mol. The number of hydrogen-bond acceptors (Lipinski definition) is 4. The Morgan fingerprint density at radius 3 is 2.21 bits per heavy atom. The second-order valence-electron chi connectivity index (χ2n) is 7.85. The van der Waals surface area contributed by atoms with Gasteiger partial charge in [-0.1, -0.05) is 63.9 Å². The molecule has 2 aromatic carbocycles. The lowest BCUT2D eigenvalue weighted by molar-refractivity contribution is 0.225. The first-order valence-corrected chi connectivity index (χ1v) is 11.2. The monoisotopic (exact) mass is 439 g/mol. The van der Waals surface area contributed by atoms with E-state index in [9.17, 15) is 17.6 Å². The Balaban J connectivity index is 1.92. The van der Waals surface area contributed by atoms with Gasteiger partial charge in [0.05, 0.1) is 18.5 Å². The van der Waals surface area contributed by atoms with Gasteiger partial charge in [-0.05, 0) is 34.2 Å².